The molecular weight excluding hydrogens is 273 g/mol. The molecule has 1 unspecified atom stereocenters. The lowest BCUT2D eigenvalue weighted by atomic mass is 10.1. The Morgan fingerprint density at radius 2 is 2.17 bits per heavy atom. The number of pyridine rings is 1. The van der Waals surface area contributed by atoms with Crippen molar-refractivity contribution in [3.63, 3.8) is 0 Å². The third-order valence-corrected chi connectivity index (χ3v) is 2.45. The highest BCUT2D eigenvalue weighted by Gasteiger charge is 2.16. The van der Waals surface area contributed by atoms with E-state index < -0.39 is 0 Å². The van der Waals surface area contributed by atoms with E-state index >= 15 is 0 Å². The molecule has 0 aliphatic rings. The van der Waals surface area contributed by atoms with Crippen LogP contribution in [0.3, 0.4) is 0 Å². The molecule has 4 nitrogen and oxygen atoms in total. The van der Waals surface area contributed by atoms with Crippen molar-refractivity contribution in [2.75, 3.05) is 20.6 Å². The summed E-state index contributed by atoms with van der Waals surface area (Å²) in [4.78, 5) is 17.7. The highest BCUT2D eigenvalue weighted by atomic mass is 35.5. The number of carbonyl (C=O) groups is 1. The molecule has 1 atom stereocenters. The second-order valence-corrected chi connectivity index (χ2v) is 4.01. The molecule has 1 aromatic heterocycles. The van der Waals surface area contributed by atoms with Gasteiger partial charge in [0.25, 0.3) is 0 Å². The van der Waals surface area contributed by atoms with Gasteiger partial charge in [0.15, 0.2) is 0 Å². The van der Waals surface area contributed by atoms with Crippen LogP contribution in [0.2, 0.25) is 0 Å². The predicted molar refractivity (Wildman–Crippen MR) is 78.3 cm³/mol. The number of halogens is 2. The van der Waals surface area contributed by atoms with Crippen molar-refractivity contribution in [1.82, 2.24) is 15.2 Å². The Kier molecular flexibility index (Phi) is 11.0. The average molecular weight is 294 g/mol. The molecule has 0 spiro atoms. The van der Waals surface area contributed by atoms with E-state index in [0.717, 1.165) is 5.56 Å². The van der Waals surface area contributed by atoms with Crippen LogP contribution >= 0.6 is 24.8 Å². The van der Waals surface area contributed by atoms with Gasteiger partial charge in [-0.25, -0.2) is 0 Å². The molecule has 6 heteroatoms. The molecular formula is C12H21Cl2N3O. The van der Waals surface area contributed by atoms with E-state index in [1.54, 1.807) is 17.3 Å². The van der Waals surface area contributed by atoms with Crippen molar-refractivity contribution in [2.24, 2.45) is 5.92 Å². The van der Waals surface area contributed by atoms with Crippen LogP contribution in [0.15, 0.2) is 24.5 Å². The van der Waals surface area contributed by atoms with Gasteiger partial charge >= 0.3 is 0 Å². The molecule has 0 fully saturated rings. The third-order valence-electron chi connectivity index (χ3n) is 2.45. The zero-order valence-corrected chi connectivity index (χ0v) is 12.6. The molecule has 0 aliphatic heterocycles. The predicted octanol–water partition coefficient (Wildman–Crippen LogP) is 1.74. The molecule has 104 valence electrons. The first-order valence-electron chi connectivity index (χ1n) is 5.43. The Morgan fingerprint density at radius 3 is 2.67 bits per heavy atom. The van der Waals surface area contributed by atoms with Crippen molar-refractivity contribution in [2.45, 2.75) is 13.5 Å². The number of nitrogens with zero attached hydrogens (tertiary/aromatic N) is 2. The van der Waals surface area contributed by atoms with Crippen LogP contribution in [-0.4, -0.2) is 36.4 Å². The SMILES string of the molecule is CNCC(C)C(=O)N(C)Cc1cccnc1.Cl.Cl. The van der Waals surface area contributed by atoms with Crippen LogP contribution in [0, 0.1) is 5.92 Å². The van der Waals surface area contributed by atoms with Gasteiger partial charge in [0.1, 0.15) is 0 Å². The van der Waals surface area contributed by atoms with Crippen molar-refractivity contribution in [3.05, 3.63) is 30.1 Å². The summed E-state index contributed by atoms with van der Waals surface area (Å²) >= 11 is 0. The van der Waals surface area contributed by atoms with E-state index in [9.17, 15) is 4.79 Å². The standard InChI is InChI=1S/C12H19N3O.2ClH/c1-10(7-13-2)12(16)15(3)9-11-5-4-6-14-8-11;;/h4-6,8,10,13H,7,9H2,1-3H3;2*1H. The number of nitrogens with one attached hydrogen (secondary N) is 1. The van der Waals surface area contributed by atoms with Crippen molar-refractivity contribution >= 4 is 30.7 Å². The number of aromatic nitrogens is 1. The third kappa shape index (κ3) is 6.19. The van der Waals surface area contributed by atoms with Gasteiger partial charge in [0.05, 0.1) is 0 Å². The Morgan fingerprint density at radius 1 is 1.50 bits per heavy atom. The first-order valence-corrected chi connectivity index (χ1v) is 5.43. The molecule has 0 aromatic carbocycles. The largest absolute Gasteiger partial charge is 0.341 e. The fraction of sp³-hybridized carbons (Fsp3) is 0.500. The molecule has 18 heavy (non-hydrogen) atoms. The van der Waals surface area contributed by atoms with Crippen LogP contribution < -0.4 is 5.32 Å². The second kappa shape index (κ2) is 10.1. The van der Waals surface area contributed by atoms with E-state index in [1.807, 2.05) is 33.2 Å². The van der Waals surface area contributed by atoms with Crippen LogP contribution in [0.5, 0.6) is 0 Å². The summed E-state index contributed by atoms with van der Waals surface area (Å²) < 4.78 is 0. The summed E-state index contributed by atoms with van der Waals surface area (Å²) in [5.41, 5.74) is 1.05. The van der Waals surface area contributed by atoms with E-state index in [4.69, 9.17) is 0 Å². The number of hydrogen-bond acceptors (Lipinski definition) is 3. The molecule has 1 rings (SSSR count). The summed E-state index contributed by atoms with van der Waals surface area (Å²) in [6.45, 7) is 3.25. The number of hydrogen-bond donors (Lipinski definition) is 1. The minimum Gasteiger partial charge on any atom is -0.341 e. The van der Waals surface area contributed by atoms with Gasteiger partial charge < -0.3 is 10.2 Å². The fourth-order valence-electron chi connectivity index (χ4n) is 1.61. The smallest absolute Gasteiger partial charge is 0.226 e. The first kappa shape index (κ1) is 19.5. The molecule has 1 N–H and O–H groups in total. The van der Waals surface area contributed by atoms with Gasteiger partial charge in [-0.15, -0.1) is 24.8 Å². The average Bonchev–Trinajstić information content (AvgIpc) is 2.29. The molecule has 0 saturated heterocycles. The van der Waals surface area contributed by atoms with E-state index in [-0.39, 0.29) is 36.6 Å². The second-order valence-electron chi connectivity index (χ2n) is 4.01. The van der Waals surface area contributed by atoms with E-state index in [0.29, 0.717) is 13.1 Å². The highest BCUT2D eigenvalue weighted by Crippen LogP contribution is 2.05. The first-order chi connectivity index (χ1) is 7.65. The van der Waals surface area contributed by atoms with Crippen molar-refractivity contribution in [3.8, 4) is 0 Å². The molecule has 0 radical (unpaired) electrons. The van der Waals surface area contributed by atoms with Gasteiger partial charge in [-0.05, 0) is 18.7 Å². The molecule has 0 saturated carbocycles. The van der Waals surface area contributed by atoms with Gasteiger partial charge in [-0.3, -0.25) is 9.78 Å². The van der Waals surface area contributed by atoms with Gasteiger partial charge in [0, 0.05) is 38.4 Å². The summed E-state index contributed by atoms with van der Waals surface area (Å²) in [5, 5.41) is 3.01. The molecule has 1 aromatic rings. The van der Waals surface area contributed by atoms with Crippen molar-refractivity contribution < 1.29 is 4.79 Å². The van der Waals surface area contributed by atoms with Crippen molar-refractivity contribution in [1.29, 1.82) is 0 Å². The molecule has 1 heterocycles. The van der Waals surface area contributed by atoms with E-state index in [1.165, 1.54) is 0 Å². The quantitative estimate of drug-likeness (QED) is 0.899. The summed E-state index contributed by atoms with van der Waals surface area (Å²) in [6.07, 6.45) is 3.52. The monoisotopic (exact) mass is 293 g/mol. The Labute approximate surface area is 121 Å². The summed E-state index contributed by atoms with van der Waals surface area (Å²) in [5.74, 6) is 0.157. The zero-order valence-electron chi connectivity index (χ0n) is 10.9. The van der Waals surface area contributed by atoms with E-state index in [2.05, 4.69) is 10.3 Å². The lowest BCUT2D eigenvalue weighted by Gasteiger charge is -2.21. The van der Waals surface area contributed by atoms with Gasteiger partial charge in [-0.2, -0.15) is 0 Å². The van der Waals surface area contributed by atoms with Crippen LogP contribution in [-0.2, 0) is 11.3 Å². The minimum atomic E-state index is 0. The maximum atomic E-state index is 11.9. The maximum Gasteiger partial charge on any atom is 0.226 e. The number of carbonyl (C=O) groups excluding carboxylic acids is 1. The topological polar surface area (TPSA) is 45.2 Å². The maximum absolute atomic E-state index is 11.9. The molecule has 0 aliphatic carbocycles. The molecule has 1 amide bonds. The molecule has 0 bridgehead atoms. The van der Waals surface area contributed by atoms with Crippen LogP contribution in [0.25, 0.3) is 0 Å². The Bertz CT molecular complexity index is 335. The number of rotatable bonds is 5. The van der Waals surface area contributed by atoms with Gasteiger partial charge in [0.2, 0.25) is 5.91 Å². The summed E-state index contributed by atoms with van der Waals surface area (Å²) in [7, 11) is 3.67. The fourth-order valence-corrected chi connectivity index (χ4v) is 1.61. The van der Waals surface area contributed by atoms with Gasteiger partial charge in [-0.1, -0.05) is 13.0 Å². The van der Waals surface area contributed by atoms with Crippen LogP contribution in [0.1, 0.15) is 12.5 Å². The Balaban J connectivity index is 0. The minimum absolute atomic E-state index is 0. The zero-order chi connectivity index (χ0) is 12.0. The summed E-state index contributed by atoms with van der Waals surface area (Å²) in [6, 6.07) is 3.85. The van der Waals surface area contributed by atoms with Crippen LogP contribution in [0.4, 0.5) is 0 Å². The number of amides is 1. The lowest BCUT2D eigenvalue weighted by Crippen LogP contribution is -2.35. The highest BCUT2D eigenvalue weighted by molar-refractivity contribution is 5.85. The Hall–Kier alpha value is -0.840. The lowest BCUT2D eigenvalue weighted by molar-refractivity contribution is -0.134. The normalized spacial score (nSPS) is 10.8.